The zero-order valence-corrected chi connectivity index (χ0v) is 20.2. The third-order valence-electron chi connectivity index (χ3n) is 4.61. The molecule has 4 rings (SSSR count). The minimum atomic E-state index is -0.444. The molecule has 0 saturated carbocycles. The molecule has 0 bridgehead atoms. The molecule has 0 aliphatic carbocycles. The van der Waals surface area contributed by atoms with Gasteiger partial charge in [-0.05, 0) is 85.0 Å². The first-order valence-corrected chi connectivity index (χ1v) is 11.3. The van der Waals surface area contributed by atoms with Crippen LogP contribution >= 0.6 is 35.4 Å². The summed E-state index contributed by atoms with van der Waals surface area (Å²) in [7, 11) is 0. The summed E-state index contributed by atoms with van der Waals surface area (Å²) in [5.74, 6) is 0.447. The van der Waals surface area contributed by atoms with E-state index < -0.39 is 11.8 Å². The lowest BCUT2D eigenvalue weighted by molar-refractivity contribution is -0.115. The van der Waals surface area contributed by atoms with E-state index in [0.29, 0.717) is 27.9 Å². The summed E-state index contributed by atoms with van der Waals surface area (Å²) < 4.78 is 10.8. The van der Waals surface area contributed by atoms with Crippen LogP contribution in [0.4, 0.5) is 11.4 Å². The first-order valence-electron chi connectivity index (χ1n) is 10.2. The Bertz CT molecular complexity index is 1400. The van der Waals surface area contributed by atoms with Crippen LogP contribution in [0.2, 0.25) is 10.0 Å². The summed E-state index contributed by atoms with van der Waals surface area (Å²) in [6.07, 6.45) is 4.24. The molecule has 0 atom stereocenters. The largest absolute Gasteiger partial charge is 0.459 e. The van der Waals surface area contributed by atoms with E-state index in [4.69, 9.17) is 44.3 Å². The maximum absolute atomic E-state index is 12.2. The number of halogens is 2. The van der Waals surface area contributed by atoms with Crippen LogP contribution in [-0.4, -0.2) is 16.9 Å². The highest BCUT2D eigenvalue weighted by molar-refractivity contribution is 7.80. The summed E-state index contributed by atoms with van der Waals surface area (Å²) in [6, 6.07) is 18.8. The van der Waals surface area contributed by atoms with Gasteiger partial charge in [-0.15, -0.1) is 0 Å². The second kappa shape index (κ2) is 11.1. The van der Waals surface area contributed by atoms with Crippen LogP contribution in [0.1, 0.15) is 16.3 Å². The molecule has 176 valence electrons. The number of nitrogens with one attached hydrogen (secondary N) is 3. The summed E-state index contributed by atoms with van der Waals surface area (Å²) in [5.41, 5.74) is 1.79. The molecule has 35 heavy (non-hydrogen) atoms. The third kappa shape index (κ3) is 6.60. The quantitative estimate of drug-likeness (QED) is 0.193. The molecule has 2 aromatic carbocycles. The topological polar surface area (TPSA) is 96.5 Å². The van der Waals surface area contributed by atoms with Gasteiger partial charge in [-0.1, -0.05) is 23.2 Å². The summed E-state index contributed by atoms with van der Waals surface area (Å²) >= 11 is 17.3. The van der Waals surface area contributed by atoms with Crippen molar-refractivity contribution in [3.8, 4) is 11.3 Å². The monoisotopic (exact) mass is 525 g/mol. The van der Waals surface area contributed by atoms with Gasteiger partial charge in [-0.2, -0.15) is 0 Å². The highest BCUT2D eigenvalue weighted by Gasteiger charge is 2.12. The Labute approximate surface area is 215 Å². The van der Waals surface area contributed by atoms with Crippen LogP contribution in [0.3, 0.4) is 0 Å². The van der Waals surface area contributed by atoms with Crippen LogP contribution in [0.15, 0.2) is 87.9 Å². The summed E-state index contributed by atoms with van der Waals surface area (Å²) in [6.45, 7) is 0. The van der Waals surface area contributed by atoms with E-state index in [-0.39, 0.29) is 15.9 Å². The average Bonchev–Trinajstić information content (AvgIpc) is 3.52. The zero-order chi connectivity index (χ0) is 24.8. The molecule has 3 N–H and O–H groups in total. The lowest BCUT2D eigenvalue weighted by Crippen LogP contribution is -2.32. The number of amides is 2. The molecule has 0 spiro atoms. The van der Waals surface area contributed by atoms with Crippen LogP contribution in [0.5, 0.6) is 0 Å². The second-order valence-electron chi connectivity index (χ2n) is 7.11. The van der Waals surface area contributed by atoms with Crippen molar-refractivity contribution < 1.29 is 18.4 Å². The molecule has 0 aliphatic heterocycles. The third-order valence-corrected chi connectivity index (χ3v) is 5.38. The Kier molecular flexibility index (Phi) is 7.67. The minimum Gasteiger partial charge on any atom is -0.459 e. The molecule has 10 heteroatoms. The van der Waals surface area contributed by atoms with Gasteiger partial charge in [0, 0.05) is 22.3 Å². The number of hydrogen-bond acceptors (Lipinski definition) is 5. The van der Waals surface area contributed by atoms with Gasteiger partial charge in [0.25, 0.3) is 5.91 Å². The van der Waals surface area contributed by atoms with Gasteiger partial charge in [-0.3, -0.25) is 14.9 Å². The first-order chi connectivity index (χ1) is 16.9. The molecule has 0 fully saturated rings. The van der Waals surface area contributed by atoms with Crippen LogP contribution in [-0.2, 0) is 4.79 Å². The molecule has 7 nitrogen and oxygen atoms in total. The SMILES string of the molecule is O=C(/C=C/c1ccc(-c2ccc(Cl)cc2)o1)NC(=S)Nc1ccc(NC(=O)c2ccco2)c(Cl)c1. The fourth-order valence-corrected chi connectivity index (χ4v) is 3.54. The van der Waals surface area contributed by atoms with Gasteiger partial charge in [0.15, 0.2) is 10.9 Å². The van der Waals surface area contributed by atoms with E-state index in [1.54, 1.807) is 54.6 Å². The van der Waals surface area contributed by atoms with Crippen molar-refractivity contribution in [3.05, 3.63) is 101 Å². The molecule has 2 aromatic heterocycles. The highest BCUT2D eigenvalue weighted by Crippen LogP contribution is 2.26. The van der Waals surface area contributed by atoms with Crippen LogP contribution in [0, 0.1) is 0 Å². The van der Waals surface area contributed by atoms with Gasteiger partial charge in [-0.25, -0.2) is 0 Å². The second-order valence-corrected chi connectivity index (χ2v) is 8.36. The molecular formula is C25H17Cl2N3O4S. The molecule has 2 heterocycles. The predicted molar refractivity (Wildman–Crippen MR) is 141 cm³/mol. The first kappa shape index (κ1) is 24.3. The molecule has 0 unspecified atom stereocenters. The number of anilines is 2. The lowest BCUT2D eigenvalue weighted by Gasteiger charge is -2.11. The zero-order valence-electron chi connectivity index (χ0n) is 17.9. The Hall–Kier alpha value is -3.85. The molecular weight excluding hydrogens is 509 g/mol. The number of carbonyl (C=O) groups is 2. The fourth-order valence-electron chi connectivity index (χ4n) is 2.97. The number of hydrogen-bond donors (Lipinski definition) is 3. The van der Waals surface area contributed by atoms with E-state index in [1.165, 1.54) is 18.4 Å². The van der Waals surface area contributed by atoms with Crippen molar-refractivity contribution in [3.63, 3.8) is 0 Å². The number of carbonyl (C=O) groups excluding carboxylic acids is 2. The normalized spacial score (nSPS) is 10.8. The summed E-state index contributed by atoms with van der Waals surface area (Å²) in [4.78, 5) is 24.3. The Morgan fingerprint density at radius 1 is 0.943 bits per heavy atom. The number of thiocarbonyl (C=S) groups is 1. The molecule has 0 aliphatic rings. The van der Waals surface area contributed by atoms with Crippen LogP contribution in [0.25, 0.3) is 17.4 Å². The average molecular weight is 526 g/mol. The molecule has 4 aromatic rings. The Balaban J connectivity index is 1.30. The molecule has 0 saturated heterocycles. The highest BCUT2D eigenvalue weighted by atomic mass is 35.5. The summed E-state index contributed by atoms with van der Waals surface area (Å²) in [5, 5.41) is 9.05. The number of benzene rings is 2. The van der Waals surface area contributed by atoms with Gasteiger partial charge in [0.05, 0.1) is 17.0 Å². The van der Waals surface area contributed by atoms with Crippen LogP contribution < -0.4 is 16.0 Å². The minimum absolute atomic E-state index is 0.0735. The standard InChI is InChI=1S/C25H17Cl2N3O4S/c26-16-5-3-15(4-6-16)21-11-8-18(34-21)9-12-23(31)30-25(35)28-17-7-10-20(19(27)14-17)29-24(32)22-2-1-13-33-22/h1-14H,(H,29,32)(H2,28,30,31,35)/b12-9+. The maximum atomic E-state index is 12.2. The van der Waals surface area contributed by atoms with Crippen molar-refractivity contribution in [2.45, 2.75) is 0 Å². The van der Waals surface area contributed by atoms with Gasteiger partial charge >= 0.3 is 0 Å². The van der Waals surface area contributed by atoms with Crippen molar-refractivity contribution in [1.29, 1.82) is 0 Å². The number of rotatable bonds is 6. The Morgan fingerprint density at radius 3 is 2.46 bits per heavy atom. The molecule has 0 radical (unpaired) electrons. The van der Waals surface area contributed by atoms with E-state index in [0.717, 1.165) is 5.56 Å². The van der Waals surface area contributed by atoms with E-state index in [9.17, 15) is 9.59 Å². The fraction of sp³-hybridized carbons (Fsp3) is 0. The van der Waals surface area contributed by atoms with E-state index >= 15 is 0 Å². The van der Waals surface area contributed by atoms with E-state index in [1.807, 2.05) is 12.1 Å². The van der Waals surface area contributed by atoms with Gasteiger partial charge in [0.2, 0.25) is 5.91 Å². The predicted octanol–water partition coefficient (Wildman–Crippen LogP) is 6.63. The Morgan fingerprint density at radius 2 is 1.74 bits per heavy atom. The van der Waals surface area contributed by atoms with Crippen molar-refractivity contribution >= 4 is 69.8 Å². The van der Waals surface area contributed by atoms with E-state index in [2.05, 4.69) is 16.0 Å². The lowest BCUT2D eigenvalue weighted by atomic mass is 10.2. The van der Waals surface area contributed by atoms with Gasteiger partial charge in [0.1, 0.15) is 11.5 Å². The number of furan rings is 2. The van der Waals surface area contributed by atoms with Gasteiger partial charge < -0.3 is 19.5 Å². The van der Waals surface area contributed by atoms with Crippen molar-refractivity contribution in [2.75, 3.05) is 10.6 Å². The van der Waals surface area contributed by atoms with Crippen molar-refractivity contribution in [1.82, 2.24) is 5.32 Å². The van der Waals surface area contributed by atoms with Crippen molar-refractivity contribution in [2.24, 2.45) is 0 Å². The smallest absolute Gasteiger partial charge is 0.291 e. The maximum Gasteiger partial charge on any atom is 0.291 e. The molecule has 2 amide bonds.